The average Bonchev–Trinajstić information content (AvgIpc) is 3.81. The van der Waals surface area contributed by atoms with Crippen molar-refractivity contribution in [2.75, 3.05) is 18.8 Å². The second-order valence-electron chi connectivity index (χ2n) is 12.8. The van der Waals surface area contributed by atoms with Crippen LogP contribution in [-0.2, 0) is 18.3 Å². The highest BCUT2D eigenvalue weighted by Gasteiger charge is 2.43. The van der Waals surface area contributed by atoms with Gasteiger partial charge in [-0.3, -0.25) is 9.59 Å². The number of pyridine rings is 1. The Morgan fingerprint density at radius 3 is 2.30 bits per heavy atom. The van der Waals surface area contributed by atoms with E-state index < -0.39 is 5.92 Å². The number of rotatable bonds is 8. The van der Waals surface area contributed by atoms with Gasteiger partial charge in [0.15, 0.2) is 0 Å². The summed E-state index contributed by atoms with van der Waals surface area (Å²) in [7, 11) is 1.99. The highest BCUT2D eigenvalue weighted by Crippen LogP contribution is 2.48. The number of nitrogens with zero attached hydrogens (tertiary/aromatic N) is 3. The van der Waals surface area contributed by atoms with Crippen molar-refractivity contribution in [2.24, 2.45) is 13.0 Å². The van der Waals surface area contributed by atoms with Gasteiger partial charge in [-0.1, -0.05) is 30.3 Å². The van der Waals surface area contributed by atoms with E-state index in [-0.39, 0.29) is 55.3 Å². The molecular weight excluding hydrogens is 601 g/mol. The van der Waals surface area contributed by atoms with Crippen LogP contribution in [0.25, 0.3) is 33.2 Å². The van der Waals surface area contributed by atoms with Crippen molar-refractivity contribution in [3.8, 4) is 22.3 Å². The molecule has 7 rings (SSSR count). The second-order valence-corrected chi connectivity index (χ2v) is 12.8. The molecule has 1 aliphatic heterocycles. The lowest BCUT2D eigenvalue weighted by molar-refractivity contribution is -0.120. The number of carbonyl (C=O) groups is 2. The summed E-state index contributed by atoms with van der Waals surface area (Å²) in [6.45, 7) is 0.0725. The number of aryl methyl sites for hydroxylation is 2. The standard InChI is InChI=1S/C38H35F3N4O2/c1-44-30(11-12-34(46)33-21-31(33)26-8-13-35(42)43-22-26)19-28-18-27(20-32(36(28)44)24-6-9-29(39)10-7-24)23-2-4-25(5-3-23)37(47)45-16-14-38(40,41)15-17-45/h2-10,13,18-20,22,31,33H,11-12,14-17,21H2,1H3,(H2,42,43). The van der Waals surface area contributed by atoms with Crippen LogP contribution in [0.5, 0.6) is 0 Å². The van der Waals surface area contributed by atoms with E-state index in [1.807, 2.05) is 25.2 Å². The normalized spacial score (nSPS) is 18.8. The van der Waals surface area contributed by atoms with Crippen LogP contribution in [0.2, 0.25) is 0 Å². The van der Waals surface area contributed by atoms with Crippen molar-refractivity contribution >= 4 is 28.4 Å². The zero-order chi connectivity index (χ0) is 32.9. The van der Waals surface area contributed by atoms with Crippen LogP contribution < -0.4 is 5.73 Å². The summed E-state index contributed by atoms with van der Waals surface area (Å²) in [5.41, 5.74) is 12.8. The Labute approximate surface area is 271 Å². The number of nitrogens with two attached hydrogens (primary N) is 1. The van der Waals surface area contributed by atoms with E-state index in [9.17, 15) is 22.8 Å². The van der Waals surface area contributed by atoms with Gasteiger partial charge in [-0.15, -0.1) is 0 Å². The summed E-state index contributed by atoms with van der Waals surface area (Å²) in [4.78, 5) is 31.8. The van der Waals surface area contributed by atoms with Crippen molar-refractivity contribution < 1.29 is 22.8 Å². The molecule has 0 spiro atoms. The minimum Gasteiger partial charge on any atom is -0.384 e. The van der Waals surface area contributed by atoms with Gasteiger partial charge in [-0.25, -0.2) is 18.2 Å². The lowest BCUT2D eigenvalue weighted by Gasteiger charge is -2.31. The number of hydrogen-bond donors (Lipinski definition) is 1. The van der Waals surface area contributed by atoms with Crippen LogP contribution in [0, 0.1) is 11.7 Å². The second kappa shape index (κ2) is 12.0. The Morgan fingerprint density at radius 1 is 0.915 bits per heavy atom. The first-order valence-electron chi connectivity index (χ1n) is 16.0. The van der Waals surface area contributed by atoms with Gasteiger partial charge in [-0.2, -0.15) is 0 Å². The fraction of sp³-hybridized carbons (Fsp3) is 0.289. The minimum atomic E-state index is -2.72. The molecule has 2 unspecified atom stereocenters. The molecule has 1 saturated heterocycles. The van der Waals surface area contributed by atoms with Crippen molar-refractivity contribution in [1.29, 1.82) is 0 Å². The van der Waals surface area contributed by atoms with Gasteiger partial charge < -0.3 is 15.2 Å². The molecule has 1 saturated carbocycles. The molecule has 3 heterocycles. The fourth-order valence-electron chi connectivity index (χ4n) is 6.83. The van der Waals surface area contributed by atoms with Crippen molar-refractivity contribution in [1.82, 2.24) is 14.5 Å². The zero-order valence-corrected chi connectivity index (χ0v) is 26.1. The molecule has 47 heavy (non-hydrogen) atoms. The summed E-state index contributed by atoms with van der Waals surface area (Å²) < 4.78 is 43.2. The number of amides is 1. The van der Waals surface area contributed by atoms with Gasteiger partial charge in [0.2, 0.25) is 0 Å². The third-order valence-electron chi connectivity index (χ3n) is 9.70. The topological polar surface area (TPSA) is 81.2 Å². The maximum Gasteiger partial charge on any atom is 0.253 e. The molecule has 1 aliphatic carbocycles. The summed E-state index contributed by atoms with van der Waals surface area (Å²) in [5.74, 6) is -2.39. The van der Waals surface area contributed by atoms with Crippen LogP contribution >= 0.6 is 0 Å². The smallest absolute Gasteiger partial charge is 0.253 e. The molecule has 9 heteroatoms. The molecule has 6 nitrogen and oxygen atoms in total. The number of piperidine rings is 1. The molecule has 240 valence electrons. The maximum absolute atomic E-state index is 13.9. The number of halogens is 3. The van der Waals surface area contributed by atoms with E-state index in [4.69, 9.17) is 5.73 Å². The number of ketones is 1. The summed E-state index contributed by atoms with van der Waals surface area (Å²) in [6, 6.07) is 23.6. The number of carbonyl (C=O) groups excluding carboxylic acids is 2. The lowest BCUT2D eigenvalue weighted by atomic mass is 9.95. The monoisotopic (exact) mass is 636 g/mol. The van der Waals surface area contributed by atoms with Gasteiger partial charge in [0.25, 0.3) is 11.8 Å². The van der Waals surface area contributed by atoms with Crippen LogP contribution in [0.1, 0.15) is 53.2 Å². The third kappa shape index (κ3) is 6.26. The fourth-order valence-corrected chi connectivity index (χ4v) is 6.83. The van der Waals surface area contributed by atoms with Crippen LogP contribution in [-0.4, -0.2) is 45.2 Å². The molecule has 2 aliphatic rings. The molecule has 0 radical (unpaired) electrons. The summed E-state index contributed by atoms with van der Waals surface area (Å²) in [6.07, 6.45) is 2.96. The van der Waals surface area contributed by atoms with Crippen molar-refractivity contribution in [3.63, 3.8) is 0 Å². The summed E-state index contributed by atoms with van der Waals surface area (Å²) in [5, 5.41) is 0.985. The molecule has 1 amide bonds. The van der Waals surface area contributed by atoms with Crippen LogP contribution in [0.4, 0.5) is 19.0 Å². The highest BCUT2D eigenvalue weighted by molar-refractivity contribution is 6.00. The number of alkyl halides is 2. The number of fused-ring (bicyclic) bond motifs is 1. The number of Topliss-reactive ketones (excluding diaryl/α,β-unsaturated/α-hetero) is 1. The molecule has 2 aromatic heterocycles. The number of hydrogen-bond acceptors (Lipinski definition) is 4. The molecule has 2 fully saturated rings. The number of aromatic nitrogens is 2. The predicted molar refractivity (Wildman–Crippen MR) is 177 cm³/mol. The number of anilines is 1. The number of nitrogen functional groups attached to an aromatic ring is 1. The van der Waals surface area contributed by atoms with E-state index in [0.717, 1.165) is 50.8 Å². The SMILES string of the molecule is Cn1c(CCC(=O)C2CC2c2ccc(N)nc2)cc2cc(-c3ccc(C(=O)N4CCC(F)(F)CC4)cc3)cc(-c3ccc(F)cc3)c21. The largest absolute Gasteiger partial charge is 0.384 e. The van der Waals surface area contributed by atoms with E-state index in [0.29, 0.717) is 24.2 Å². The average molecular weight is 637 g/mol. The molecule has 3 aromatic carbocycles. The highest BCUT2D eigenvalue weighted by atomic mass is 19.3. The first-order chi connectivity index (χ1) is 22.6. The maximum atomic E-state index is 13.9. The summed E-state index contributed by atoms with van der Waals surface area (Å²) >= 11 is 0. The van der Waals surface area contributed by atoms with Gasteiger partial charge in [0, 0.05) is 73.7 Å². The molecule has 2 atom stereocenters. The van der Waals surface area contributed by atoms with Crippen LogP contribution in [0.15, 0.2) is 85.1 Å². The van der Waals surface area contributed by atoms with E-state index in [1.165, 1.54) is 17.0 Å². The van der Waals surface area contributed by atoms with Gasteiger partial charge in [-0.05, 0) is 89.5 Å². The van der Waals surface area contributed by atoms with Crippen molar-refractivity contribution in [3.05, 3.63) is 108 Å². The van der Waals surface area contributed by atoms with Crippen LogP contribution in [0.3, 0.4) is 0 Å². The number of benzene rings is 3. The first kappa shape index (κ1) is 30.7. The Morgan fingerprint density at radius 2 is 1.62 bits per heavy atom. The number of likely N-dealkylation sites (tertiary alicyclic amines) is 1. The quantitative estimate of drug-likeness (QED) is 0.188. The van der Waals surface area contributed by atoms with Crippen molar-refractivity contribution in [2.45, 2.75) is 43.9 Å². The molecule has 2 N–H and O–H groups in total. The Bertz CT molecular complexity index is 1960. The molecular formula is C38H35F3N4O2. The van der Waals surface area contributed by atoms with Gasteiger partial charge in [0.1, 0.15) is 17.4 Å². The third-order valence-corrected chi connectivity index (χ3v) is 9.70. The van der Waals surface area contributed by atoms with Gasteiger partial charge in [0.05, 0.1) is 5.52 Å². The molecule has 0 bridgehead atoms. The van der Waals surface area contributed by atoms with Gasteiger partial charge >= 0.3 is 0 Å². The first-order valence-corrected chi connectivity index (χ1v) is 16.0. The Kier molecular flexibility index (Phi) is 7.86. The Balaban J connectivity index is 1.15. The van der Waals surface area contributed by atoms with E-state index >= 15 is 0 Å². The van der Waals surface area contributed by atoms with E-state index in [2.05, 4.69) is 27.8 Å². The predicted octanol–water partition coefficient (Wildman–Crippen LogP) is 7.81. The Hall–Kier alpha value is -4.92. The zero-order valence-electron chi connectivity index (χ0n) is 26.1. The van der Waals surface area contributed by atoms with E-state index in [1.54, 1.807) is 36.5 Å². The minimum absolute atomic E-state index is 0.00204. The lowest BCUT2D eigenvalue weighted by Crippen LogP contribution is -2.42. The molecule has 5 aromatic rings.